The maximum Gasteiger partial charge on any atom is 1.00 e. The summed E-state index contributed by atoms with van der Waals surface area (Å²) in [6.07, 6.45) is 9.72. The average molecular weight is 263 g/mol. The molecule has 1 aliphatic heterocycles. The average Bonchev–Trinajstić information content (AvgIpc) is 2.24. The molecule has 0 aromatic heterocycles. The third kappa shape index (κ3) is 4.86. The number of nitrogens with zero attached hydrogens (tertiary/aromatic N) is 1. The first-order valence-corrected chi connectivity index (χ1v) is 6.91. The third-order valence-electron chi connectivity index (χ3n) is 4.34. The van der Waals surface area contributed by atoms with Crippen LogP contribution in [0.5, 0.6) is 0 Å². The van der Waals surface area contributed by atoms with Crippen LogP contribution in [0.15, 0.2) is 0 Å². The Morgan fingerprint density at radius 3 is 2.47 bits per heavy atom. The van der Waals surface area contributed by atoms with Crippen molar-refractivity contribution in [2.45, 2.75) is 58.0 Å². The second-order valence-electron chi connectivity index (χ2n) is 5.73. The Hall–Kier alpha value is 1.56. The van der Waals surface area contributed by atoms with Crippen LogP contribution in [0.25, 0.3) is 0 Å². The van der Waals surface area contributed by atoms with Gasteiger partial charge < -0.3 is 9.64 Å². The number of hydrogen-bond acceptors (Lipinski definition) is 2. The van der Waals surface area contributed by atoms with Gasteiger partial charge in [0.15, 0.2) is 0 Å². The molecule has 0 aromatic carbocycles. The Morgan fingerprint density at radius 2 is 1.88 bits per heavy atom. The van der Waals surface area contributed by atoms with E-state index in [4.69, 9.17) is 4.74 Å². The largest absolute Gasteiger partial charge is 1.00 e. The molecule has 2 nitrogen and oxygen atoms in total. The summed E-state index contributed by atoms with van der Waals surface area (Å²) in [6, 6.07) is 0. The molecule has 2 fully saturated rings. The summed E-state index contributed by atoms with van der Waals surface area (Å²) in [4.78, 5) is 2.21. The van der Waals surface area contributed by atoms with Crippen molar-refractivity contribution in [3.8, 4) is 0 Å². The van der Waals surface area contributed by atoms with Gasteiger partial charge in [-0.2, -0.15) is 0 Å². The van der Waals surface area contributed by atoms with Crippen LogP contribution < -0.4 is 51.4 Å². The van der Waals surface area contributed by atoms with Gasteiger partial charge in [-0.25, -0.2) is 0 Å². The standard InChI is InChI=1S/C14H26NO.K/c1-3-4-5-10-16-13-11-14(12-13)6-8-15(2)9-7-14;/h13H,2-12H2,1H3;/q-1;+1. The number of rotatable bonds is 5. The minimum Gasteiger partial charge on any atom is -0.459 e. The fourth-order valence-electron chi connectivity index (χ4n) is 3.06. The monoisotopic (exact) mass is 263 g/mol. The SMILES string of the molecule is [CH2-]N1CCC2(CC1)CC(OCCCCC)C2.[K+]. The van der Waals surface area contributed by atoms with Gasteiger partial charge in [0.25, 0.3) is 0 Å². The number of likely N-dealkylation sites (tertiary alicyclic amines) is 1. The molecule has 0 atom stereocenters. The van der Waals surface area contributed by atoms with Crippen LogP contribution in [0.3, 0.4) is 0 Å². The molecule has 0 unspecified atom stereocenters. The quantitative estimate of drug-likeness (QED) is 0.400. The van der Waals surface area contributed by atoms with Crippen molar-refractivity contribution >= 4 is 0 Å². The first-order chi connectivity index (χ1) is 7.74. The van der Waals surface area contributed by atoms with Crippen molar-refractivity contribution in [1.29, 1.82) is 0 Å². The van der Waals surface area contributed by atoms with Crippen molar-refractivity contribution in [1.82, 2.24) is 4.90 Å². The van der Waals surface area contributed by atoms with Crippen LogP contribution in [-0.2, 0) is 4.74 Å². The summed E-state index contributed by atoms with van der Waals surface area (Å²) in [5.41, 5.74) is 0.642. The molecule has 0 amide bonds. The van der Waals surface area contributed by atoms with E-state index in [9.17, 15) is 0 Å². The zero-order valence-electron chi connectivity index (χ0n) is 11.7. The molecule has 0 radical (unpaired) electrons. The van der Waals surface area contributed by atoms with Crippen LogP contribution in [0.4, 0.5) is 0 Å². The molecule has 3 heteroatoms. The van der Waals surface area contributed by atoms with E-state index in [1.807, 2.05) is 0 Å². The van der Waals surface area contributed by atoms with Crippen LogP contribution >= 0.6 is 0 Å². The Morgan fingerprint density at radius 1 is 1.24 bits per heavy atom. The minimum absolute atomic E-state index is 0. The topological polar surface area (TPSA) is 12.5 Å². The molecule has 1 saturated heterocycles. The molecule has 0 N–H and O–H groups in total. The Kier molecular flexibility index (Phi) is 7.80. The summed E-state index contributed by atoms with van der Waals surface area (Å²) in [5, 5.41) is 0. The molecule has 94 valence electrons. The molecule has 0 aromatic rings. The second-order valence-corrected chi connectivity index (χ2v) is 5.73. The van der Waals surface area contributed by atoms with E-state index in [2.05, 4.69) is 18.9 Å². The van der Waals surface area contributed by atoms with Crippen molar-refractivity contribution in [2.75, 3.05) is 19.7 Å². The summed E-state index contributed by atoms with van der Waals surface area (Å²) in [7, 11) is 4.01. The van der Waals surface area contributed by atoms with E-state index < -0.39 is 0 Å². The Bertz CT molecular complexity index is 206. The Labute approximate surface area is 149 Å². The van der Waals surface area contributed by atoms with E-state index in [-0.39, 0.29) is 51.4 Å². The second kappa shape index (κ2) is 7.98. The predicted octanol–water partition coefficient (Wildman–Crippen LogP) is 0.233. The number of unbranched alkanes of at least 4 members (excludes halogenated alkanes) is 2. The van der Waals surface area contributed by atoms with Gasteiger partial charge in [-0.15, -0.1) is 0 Å². The van der Waals surface area contributed by atoms with Gasteiger partial charge in [0.2, 0.25) is 0 Å². The van der Waals surface area contributed by atoms with E-state index in [0.717, 1.165) is 6.61 Å². The molecule has 1 spiro atoms. The molecule has 0 bridgehead atoms. The molecular weight excluding hydrogens is 237 g/mol. The van der Waals surface area contributed by atoms with Crippen molar-refractivity contribution in [3.05, 3.63) is 7.05 Å². The molecular formula is C14H26KNO. The van der Waals surface area contributed by atoms with Crippen molar-refractivity contribution < 1.29 is 56.1 Å². The van der Waals surface area contributed by atoms with Gasteiger partial charge in [0, 0.05) is 6.61 Å². The molecule has 17 heavy (non-hydrogen) atoms. The van der Waals surface area contributed by atoms with E-state index in [1.54, 1.807) is 0 Å². The Balaban J connectivity index is 0.00000144. The van der Waals surface area contributed by atoms with Gasteiger partial charge in [0.1, 0.15) is 0 Å². The fraction of sp³-hybridized carbons (Fsp3) is 0.929. The van der Waals surface area contributed by atoms with E-state index >= 15 is 0 Å². The van der Waals surface area contributed by atoms with Crippen LogP contribution in [0.1, 0.15) is 51.9 Å². The molecule has 2 rings (SSSR count). The molecule has 1 heterocycles. The third-order valence-corrected chi connectivity index (χ3v) is 4.34. The molecule has 2 aliphatic rings. The smallest absolute Gasteiger partial charge is 0.459 e. The van der Waals surface area contributed by atoms with E-state index in [0.29, 0.717) is 11.5 Å². The normalized spacial score (nSPS) is 24.4. The zero-order chi connectivity index (χ0) is 11.4. The number of ether oxygens (including phenoxy) is 1. The molecule has 1 aliphatic carbocycles. The van der Waals surface area contributed by atoms with Crippen LogP contribution in [-0.4, -0.2) is 30.7 Å². The maximum atomic E-state index is 5.91. The number of hydrogen-bond donors (Lipinski definition) is 0. The fourth-order valence-corrected chi connectivity index (χ4v) is 3.06. The summed E-state index contributed by atoms with van der Waals surface area (Å²) in [5.74, 6) is 0. The van der Waals surface area contributed by atoms with Gasteiger partial charge in [-0.05, 0) is 50.6 Å². The molecule has 1 saturated carbocycles. The van der Waals surface area contributed by atoms with Gasteiger partial charge in [0.05, 0.1) is 6.10 Å². The van der Waals surface area contributed by atoms with Gasteiger partial charge in [-0.3, -0.25) is 7.05 Å². The van der Waals surface area contributed by atoms with Crippen molar-refractivity contribution in [2.24, 2.45) is 5.41 Å². The van der Waals surface area contributed by atoms with Gasteiger partial charge in [-0.1, -0.05) is 19.8 Å². The summed E-state index contributed by atoms with van der Waals surface area (Å²) < 4.78 is 5.91. The maximum absolute atomic E-state index is 5.91. The summed E-state index contributed by atoms with van der Waals surface area (Å²) >= 11 is 0. The van der Waals surface area contributed by atoms with Gasteiger partial charge >= 0.3 is 51.4 Å². The first-order valence-electron chi connectivity index (χ1n) is 6.91. The zero-order valence-corrected chi connectivity index (χ0v) is 14.8. The first kappa shape index (κ1) is 16.6. The minimum atomic E-state index is 0. The van der Waals surface area contributed by atoms with Crippen molar-refractivity contribution in [3.63, 3.8) is 0 Å². The summed E-state index contributed by atoms with van der Waals surface area (Å²) in [6.45, 7) is 5.59. The number of piperidine rings is 1. The van der Waals surface area contributed by atoms with E-state index in [1.165, 1.54) is 58.0 Å². The predicted molar refractivity (Wildman–Crippen MR) is 67.1 cm³/mol. The van der Waals surface area contributed by atoms with Crippen LogP contribution in [0, 0.1) is 12.5 Å². The van der Waals surface area contributed by atoms with Crippen LogP contribution in [0.2, 0.25) is 0 Å².